The molecule has 1 aromatic rings. The molecular formula is C10H8BrNO4S. The lowest BCUT2D eigenvalue weighted by Crippen LogP contribution is -2.31. The fourth-order valence-corrected chi connectivity index (χ4v) is 2.81. The van der Waals surface area contributed by atoms with E-state index in [0.717, 1.165) is 10.0 Å². The smallest absolute Gasteiger partial charge is 0.324 e. The summed E-state index contributed by atoms with van der Waals surface area (Å²) in [4.78, 5) is 39.5. The van der Waals surface area contributed by atoms with Crippen molar-refractivity contribution in [3.8, 4) is 0 Å². The Bertz CT molecular complexity index is 494. The van der Waals surface area contributed by atoms with Crippen LogP contribution in [0.4, 0.5) is 0 Å². The van der Waals surface area contributed by atoms with Gasteiger partial charge in [-0.2, -0.15) is 0 Å². The first-order valence-corrected chi connectivity index (χ1v) is 6.49. The monoisotopic (exact) mass is 317 g/mol. The molecule has 0 radical (unpaired) electrons. The zero-order valence-electron chi connectivity index (χ0n) is 8.86. The Morgan fingerprint density at radius 3 is 2.47 bits per heavy atom. The maximum Gasteiger partial charge on any atom is 0.374 e. The predicted molar refractivity (Wildman–Crippen MR) is 63.3 cm³/mol. The summed E-state index contributed by atoms with van der Waals surface area (Å²) in [5.74, 6) is -1.63. The van der Waals surface area contributed by atoms with E-state index < -0.39 is 17.8 Å². The summed E-state index contributed by atoms with van der Waals surface area (Å²) in [6.07, 6.45) is 0.193. The molecule has 0 aromatic carbocycles. The van der Waals surface area contributed by atoms with Gasteiger partial charge in [-0.05, 0) is 28.4 Å². The van der Waals surface area contributed by atoms with Crippen molar-refractivity contribution in [1.29, 1.82) is 0 Å². The average Bonchev–Trinajstić information content (AvgIpc) is 2.77. The summed E-state index contributed by atoms with van der Waals surface area (Å²) < 4.78 is 0.800. The highest BCUT2D eigenvalue weighted by molar-refractivity contribution is 9.10. The minimum Gasteiger partial charge on any atom is -0.324 e. The van der Waals surface area contributed by atoms with Crippen LogP contribution in [0.15, 0.2) is 9.85 Å². The van der Waals surface area contributed by atoms with Crippen molar-refractivity contribution < 1.29 is 19.2 Å². The number of carbonyl (C=O) groups is 3. The van der Waals surface area contributed by atoms with Crippen molar-refractivity contribution in [2.45, 2.75) is 19.8 Å². The highest BCUT2D eigenvalue weighted by Gasteiger charge is 2.33. The molecule has 0 saturated carbocycles. The number of carbonyl (C=O) groups excluding carboxylic acids is 3. The highest BCUT2D eigenvalue weighted by atomic mass is 79.9. The molecule has 2 heterocycles. The van der Waals surface area contributed by atoms with E-state index in [1.807, 2.05) is 0 Å². The fourth-order valence-electron chi connectivity index (χ4n) is 1.38. The molecule has 0 N–H and O–H groups in total. The lowest BCUT2D eigenvalue weighted by Gasteiger charge is -2.11. The molecule has 0 aliphatic carbocycles. The molecule has 17 heavy (non-hydrogen) atoms. The molecule has 7 heteroatoms. The van der Waals surface area contributed by atoms with Crippen LogP contribution < -0.4 is 0 Å². The Hall–Kier alpha value is -1.21. The van der Waals surface area contributed by atoms with Crippen LogP contribution in [0.3, 0.4) is 0 Å². The minimum atomic E-state index is -0.679. The predicted octanol–water partition coefficient (Wildman–Crippen LogP) is 2.04. The molecule has 1 saturated heterocycles. The fraction of sp³-hybridized carbons (Fsp3) is 0.300. The maximum atomic E-state index is 11.7. The number of thiophene rings is 1. The molecule has 1 aliphatic heterocycles. The molecule has 90 valence electrons. The topological polar surface area (TPSA) is 63.7 Å². The number of hydrogen-bond donors (Lipinski definition) is 0. The molecular weight excluding hydrogens is 310 g/mol. The van der Waals surface area contributed by atoms with Gasteiger partial charge in [-0.15, -0.1) is 16.4 Å². The molecule has 2 amide bonds. The highest BCUT2D eigenvalue weighted by Crippen LogP contribution is 2.27. The average molecular weight is 318 g/mol. The van der Waals surface area contributed by atoms with Crippen LogP contribution in [0.5, 0.6) is 0 Å². The van der Waals surface area contributed by atoms with Gasteiger partial charge in [-0.3, -0.25) is 9.59 Å². The van der Waals surface area contributed by atoms with Crippen molar-refractivity contribution in [2.75, 3.05) is 0 Å². The van der Waals surface area contributed by atoms with Crippen molar-refractivity contribution in [2.24, 2.45) is 0 Å². The molecule has 5 nitrogen and oxygen atoms in total. The molecule has 0 atom stereocenters. The zero-order chi connectivity index (χ0) is 12.6. The minimum absolute atomic E-state index is 0.0965. The van der Waals surface area contributed by atoms with Gasteiger partial charge in [0.2, 0.25) is 0 Å². The lowest BCUT2D eigenvalue weighted by molar-refractivity contribution is -0.172. The molecule has 1 aliphatic rings. The summed E-state index contributed by atoms with van der Waals surface area (Å²) in [6, 6.07) is 0. The third kappa shape index (κ3) is 2.25. The van der Waals surface area contributed by atoms with Crippen molar-refractivity contribution in [3.05, 3.63) is 20.3 Å². The number of hydroxylamine groups is 2. The first-order valence-electron chi connectivity index (χ1n) is 4.82. The van der Waals surface area contributed by atoms with Crippen LogP contribution in [0.25, 0.3) is 0 Å². The number of rotatable bonds is 2. The van der Waals surface area contributed by atoms with E-state index in [0.29, 0.717) is 9.94 Å². The number of nitrogens with zero attached hydrogens (tertiary/aromatic N) is 1. The van der Waals surface area contributed by atoms with Crippen LogP contribution in [0, 0.1) is 6.92 Å². The maximum absolute atomic E-state index is 11.7. The van der Waals surface area contributed by atoms with Crippen molar-refractivity contribution >= 4 is 45.1 Å². The first kappa shape index (κ1) is 12.3. The van der Waals surface area contributed by atoms with Gasteiger partial charge in [0.1, 0.15) is 4.88 Å². The first-order chi connectivity index (χ1) is 8.00. The van der Waals surface area contributed by atoms with Crippen molar-refractivity contribution in [3.63, 3.8) is 0 Å². The van der Waals surface area contributed by atoms with Gasteiger partial charge in [-0.1, -0.05) is 0 Å². The number of halogens is 1. The Balaban J connectivity index is 2.15. The normalized spacial score (nSPS) is 15.5. The molecule has 0 spiro atoms. The Morgan fingerprint density at radius 2 is 2.00 bits per heavy atom. The number of hydrogen-bond acceptors (Lipinski definition) is 5. The van der Waals surface area contributed by atoms with E-state index in [1.54, 1.807) is 12.3 Å². The van der Waals surface area contributed by atoms with Gasteiger partial charge in [0.15, 0.2) is 0 Å². The van der Waals surface area contributed by atoms with Gasteiger partial charge in [-0.25, -0.2) is 4.79 Å². The van der Waals surface area contributed by atoms with E-state index in [-0.39, 0.29) is 12.8 Å². The molecule has 1 fully saturated rings. The third-order valence-corrected chi connectivity index (χ3v) is 4.53. The summed E-state index contributed by atoms with van der Waals surface area (Å²) in [6.45, 7) is 1.75. The van der Waals surface area contributed by atoms with Crippen LogP contribution in [0.2, 0.25) is 0 Å². The van der Waals surface area contributed by atoms with Crippen LogP contribution in [-0.4, -0.2) is 22.8 Å². The van der Waals surface area contributed by atoms with Gasteiger partial charge in [0, 0.05) is 22.7 Å². The summed E-state index contributed by atoms with van der Waals surface area (Å²) in [5.41, 5.74) is 0.735. The third-order valence-electron chi connectivity index (χ3n) is 2.34. The van der Waals surface area contributed by atoms with E-state index in [4.69, 9.17) is 4.84 Å². The zero-order valence-corrected chi connectivity index (χ0v) is 11.3. The van der Waals surface area contributed by atoms with E-state index in [2.05, 4.69) is 15.9 Å². The van der Waals surface area contributed by atoms with E-state index in [9.17, 15) is 14.4 Å². The second-order valence-corrected chi connectivity index (χ2v) is 5.23. The lowest BCUT2D eigenvalue weighted by atomic mass is 10.3. The second-order valence-electron chi connectivity index (χ2n) is 3.50. The van der Waals surface area contributed by atoms with Crippen LogP contribution in [-0.2, 0) is 14.4 Å². The van der Waals surface area contributed by atoms with Crippen LogP contribution in [0.1, 0.15) is 28.1 Å². The number of amides is 2. The Kier molecular flexibility index (Phi) is 3.30. The van der Waals surface area contributed by atoms with Gasteiger partial charge in [0.05, 0.1) is 0 Å². The quantitative estimate of drug-likeness (QED) is 0.783. The molecule has 1 aromatic heterocycles. The summed E-state index contributed by atoms with van der Waals surface area (Å²) >= 11 is 4.48. The van der Waals surface area contributed by atoms with Gasteiger partial charge < -0.3 is 4.84 Å². The van der Waals surface area contributed by atoms with Crippen molar-refractivity contribution in [1.82, 2.24) is 5.06 Å². The van der Waals surface area contributed by atoms with E-state index in [1.165, 1.54) is 11.3 Å². The standard InChI is InChI=1S/C10H8BrNO4S/c1-5-6(11)4-17-9(5)10(15)16-12-7(13)2-3-8(12)14/h4H,2-3H2,1H3. The SMILES string of the molecule is Cc1c(Br)csc1C(=O)ON1C(=O)CCC1=O. The molecule has 2 rings (SSSR count). The summed E-state index contributed by atoms with van der Waals surface area (Å²) in [5, 5.41) is 2.30. The number of imide groups is 1. The second kappa shape index (κ2) is 4.58. The molecule has 0 unspecified atom stereocenters. The van der Waals surface area contributed by atoms with Crippen LogP contribution >= 0.6 is 27.3 Å². The Morgan fingerprint density at radius 1 is 1.41 bits per heavy atom. The Labute approximate surface area is 109 Å². The van der Waals surface area contributed by atoms with Gasteiger partial charge in [0.25, 0.3) is 11.8 Å². The van der Waals surface area contributed by atoms with Gasteiger partial charge >= 0.3 is 5.97 Å². The molecule has 0 bridgehead atoms. The van der Waals surface area contributed by atoms with E-state index >= 15 is 0 Å². The summed E-state index contributed by atoms with van der Waals surface area (Å²) in [7, 11) is 0. The largest absolute Gasteiger partial charge is 0.374 e.